The number of aryl methyl sites for hydroxylation is 2. The summed E-state index contributed by atoms with van der Waals surface area (Å²) in [5.41, 5.74) is 1.89. The lowest BCUT2D eigenvalue weighted by Gasteiger charge is -2.32. The van der Waals surface area contributed by atoms with Gasteiger partial charge in [-0.1, -0.05) is 13.3 Å². The Bertz CT molecular complexity index is 808. The quantitative estimate of drug-likeness (QED) is 0.895. The number of amides is 1. The lowest BCUT2D eigenvalue weighted by molar-refractivity contribution is -0.126. The molecule has 146 valence electrons. The summed E-state index contributed by atoms with van der Waals surface area (Å²) >= 11 is 0. The fraction of sp³-hybridized carbons (Fsp3) is 0.700. The highest BCUT2D eigenvalue weighted by Gasteiger charge is 2.28. The van der Waals surface area contributed by atoms with Crippen molar-refractivity contribution in [3.8, 4) is 0 Å². The smallest absolute Gasteiger partial charge is 0.223 e. The second kappa shape index (κ2) is 7.82. The van der Waals surface area contributed by atoms with Crippen LogP contribution in [-0.4, -0.2) is 44.6 Å². The molecule has 0 bridgehead atoms. The number of nitrogens with zero attached hydrogens (tertiary/aromatic N) is 5. The SMILES string of the molecule is CCC(C)NC(=O)C1CCN(c2ncnc3c2nc2n3CCCCC2)CC1. The Balaban J connectivity index is 1.50. The van der Waals surface area contributed by atoms with Crippen LogP contribution in [0, 0.1) is 5.92 Å². The molecule has 0 aliphatic carbocycles. The lowest BCUT2D eigenvalue weighted by atomic mass is 9.95. The average molecular weight is 371 g/mol. The summed E-state index contributed by atoms with van der Waals surface area (Å²) in [7, 11) is 0. The van der Waals surface area contributed by atoms with Gasteiger partial charge >= 0.3 is 0 Å². The number of hydrogen-bond donors (Lipinski definition) is 1. The zero-order valence-corrected chi connectivity index (χ0v) is 16.4. The topological polar surface area (TPSA) is 75.9 Å². The highest BCUT2D eigenvalue weighted by Crippen LogP contribution is 2.29. The van der Waals surface area contributed by atoms with Gasteiger partial charge in [0.2, 0.25) is 5.91 Å². The minimum absolute atomic E-state index is 0.103. The molecule has 4 rings (SSSR count). The standard InChI is InChI=1S/C20H30N6O/c1-3-14(2)23-20(27)15-8-11-25(12-9-15)18-17-19(22-13-21-18)26-10-6-4-5-7-16(26)24-17/h13-15H,3-12H2,1-2H3,(H,23,27). The molecule has 2 aliphatic rings. The number of aromatic nitrogens is 4. The van der Waals surface area contributed by atoms with Crippen molar-refractivity contribution < 1.29 is 4.79 Å². The van der Waals surface area contributed by atoms with Gasteiger partial charge in [-0.3, -0.25) is 4.79 Å². The van der Waals surface area contributed by atoms with Crippen LogP contribution in [-0.2, 0) is 17.8 Å². The van der Waals surface area contributed by atoms with Crippen molar-refractivity contribution in [1.29, 1.82) is 0 Å². The molecule has 1 amide bonds. The first-order valence-electron chi connectivity index (χ1n) is 10.4. The van der Waals surface area contributed by atoms with Gasteiger partial charge in [0.25, 0.3) is 0 Å². The number of imidazole rings is 1. The van der Waals surface area contributed by atoms with Gasteiger partial charge in [0.1, 0.15) is 12.2 Å². The predicted molar refractivity (Wildman–Crippen MR) is 106 cm³/mol. The second-order valence-electron chi connectivity index (χ2n) is 7.94. The molecule has 27 heavy (non-hydrogen) atoms. The first kappa shape index (κ1) is 18.2. The van der Waals surface area contributed by atoms with Gasteiger partial charge in [0.05, 0.1) is 0 Å². The van der Waals surface area contributed by atoms with Crippen molar-refractivity contribution in [2.24, 2.45) is 5.92 Å². The van der Waals surface area contributed by atoms with E-state index >= 15 is 0 Å². The third kappa shape index (κ3) is 3.64. The third-order valence-corrected chi connectivity index (χ3v) is 6.04. The molecule has 0 saturated carbocycles. The summed E-state index contributed by atoms with van der Waals surface area (Å²) in [5.74, 6) is 2.38. The largest absolute Gasteiger partial charge is 0.355 e. The normalized spacial score (nSPS) is 19.6. The minimum atomic E-state index is 0.103. The molecular formula is C20H30N6O. The number of hydrogen-bond acceptors (Lipinski definition) is 5. The highest BCUT2D eigenvalue weighted by molar-refractivity contribution is 5.84. The maximum atomic E-state index is 12.4. The molecule has 0 radical (unpaired) electrons. The van der Waals surface area contributed by atoms with Crippen LogP contribution in [0.25, 0.3) is 11.2 Å². The molecule has 4 heterocycles. The molecule has 7 nitrogen and oxygen atoms in total. The van der Waals surface area contributed by atoms with Crippen LogP contribution in [0.3, 0.4) is 0 Å². The van der Waals surface area contributed by atoms with Crippen molar-refractivity contribution in [3.05, 3.63) is 12.2 Å². The Morgan fingerprint density at radius 3 is 2.81 bits per heavy atom. The number of anilines is 1. The molecule has 0 aromatic carbocycles. The molecular weight excluding hydrogens is 340 g/mol. The molecule has 0 spiro atoms. The number of nitrogens with one attached hydrogen (secondary N) is 1. The van der Waals surface area contributed by atoms with E-state index in [9.17, 15) is 4.79 Å². The Labute approximate surface area is 160 Å². The summed E-state index contributed by atoms with van der Waals surface area (Å²) in [4.78, 5) is 28.7. The van der Waals surface area contributed by atoms with Crippen LogP contribution in [0.15, 0.2) is 6.33 Å². The maximum absolute atomic E-state index is 12.4. The molecule has 2 aliphatic heterocycles. The van der Waals surface area contributed by atoms with E-state index in [1.54, 1.807) is 6.33 Å². The predicted octanol–water partition coefficient (Wildman–Crippen LogP) is 2.68. The van der Waals surface area contributed by atoms with Gasteiger partial charge in [0, 0.05) is 38.0 Å². The molecule has 2 aromatic heterocycles. The van der Waals surface area contributed by atoms with Crippen molar-refractivity contribution in [2.75, 3.05) is 18.0 Å². The molecule has 1 saturated heterocycles. The number of piperidine rings is 1. The van der Waals surface area contributed by atoms with E-state index < -0.39 is 0 Å². The monoisotopic (exact) mass is 370 g/mol. The lowest BCUT2D eigenvalue weighted by Crippen LogP contribution is -2.43. The fourth-order valence-corrected chi connectivity index (χ4v) is 4.17. The van der Waals surface area contributed by atoms with E-state index in [4.69, 9.17) is 4.98 Å². The van der Waals surface area contributed by atoms with Crippen LogP contribution < -0.4 is 10.2 Å². The van der Waals surface area contributed by atoms with Crippen LogP contribution in [0.2, 0.25) is 0 Å². The molecule has 7 heteroatoms. The Kier molecular flexibility index (Phi) is 5.27. The minimum Gasteiger partial charge on any atom is -0.355 e. The molecule has 1 fully saturated rings. The average Bonchev–Trinajstić information content (AvgIpc) is 2.89. The summed E-state index contributed by atoms with van der Waals surface area (Å²) in [5, 5.41) is 3.12. The van der Waals surface area contributed by atoms with E-state index in [-0.39, 0.29) is 17.9 Å². The van der Waals surface area contributed by atoms with E-state index in [1.807, 2.05) is 0 Å². The van der Waals surface area contributed by atoms with Crippen LogP contribution >= 0.6 is 0 Å². The summed E-state index contributed by atoms with van der Waals surface area (Å²) in [6.45, 7) is 6.84. The molecule has 2 aromatic rings. The van der Waals surface area contributed by atoms with Crippen LogP contribution in [0.1, 0.15) is 58.2 Å². The Morgan fingerprint density at radius 2 is 2.04 bits per heavy atom. The Morgan fingerprint density at radius 1 is 1.22 bits per heavy atom. The zero-order valence-electron chi connectivity index (χ0n) is 16.4. The number of fused-ring (bicyclic) bond motifs is 3. The van der Waals surface area contributed by atoms with E-state index in [1.165, 1.54) is 19.3 Å². The van der Waals surface area contributed by atoms with E-state index in [0.717, 1.165) is 68.1 Å². The van der Waals surface area contributed by atoms with Crippen molar-refractivity contribution in [1.82, 2.24) is 24.8 Å². The van der Waals surface area contributed by atoms with Gasteiger partial charge in [-0.15, -0.1) is 0 Å². The van der Waals surface area contributed by atoms with Crippen LogP contribution in [0.5, 0.6) is 0 Å². The van der Waals surface area contributed by atoms with E-state index in [0.29, 0.717) is 0 Å². The van der Waals surface area contributed by atoms with Crippen molar-refractivity contribution in [3.63, 3.8) is 0 Å². The van der Waals surface area contributed by atoms with Gasteiger partial charge in [-0.25, -0.2) is 15.0 Å². The fourth-order valence-electron chi connectivity index (χ4n) is 4.17. The number of carbonyl (C=O) groups excluding carboxylic acids is 1. The molecule has 1 N–H and O–H groups in total. The van der Waals surface area contributed by atoms with Crippen molar-refractivity contribution in [2.45, 2.75) is 71.4 Å². The zero-order chi connectivity index (χ0) is 18.8. The van der Waals surface area contributed by atoms with Crippen LogP contribution in [0.4, 0.5) is 5.82 Å². The summed E-state index contributed by atoms with van der Waals surface area (Å²) in [6, 6.07) is 0.248. The van der Waals surface area contributed by atoms with Gasteiger partial charge in [-0.2, -0.15) is 0 Å². The maximum Gasteiger partial charge on any atom is 0.223 e. The van der Waals surface area contributed by atoms with E-state index in [2.05, 4.69) is 38.6 Å². The van der Waals surface area contributed by atoms with Gasteiger partial charge in [-0.05, 0) is 39.0 Å². The molecule has 1 unspecified atom stereocenters. The van der Waals surface area contributed by atoms with Gasteiger partial charge < -0.3 is 14.8 Å². The van der Waals surface area contributed by atoms with Crippen molar-refractivity contribution >= 4 is 22.9 Å². The first-order valence-corrected chi connectivity index (χ1v) is 10.4. The highest BCUT2D eigenvalue weighted by atomic mass is 16.1. The summed E-state index contributed by atoms with van der Waals surface area (Å²) < 4.78 is 2.28. The Hall–Kier alpha value is -2.18. The third-order valence-electron chi connectivity index (χ3n) is 6.04. The molecule has 1 atom stereocenters. The summed E-state index contributed by atoms with van der Waals surface area (Å²) in [6.07, 6.45) is 9.02. The second-order valence-corrected chi connectivity index (χ2v) is 7.94. The van der Waals surface area contributed by atoms with Gasteiger partial charge in [0.15, 0.2) is 17.0 Å². The number of rotatable bonds is 4. The number of carbonyl (C=O) groups is 1. The first-order chi connectivity index (χ1) is 13.2.